The number of thiol groups is 1. The Hall–Kier alpha value is -0.430. The first-order valence-electron chi connectivity index (χ1n) is 4.61. The van der Waals surface area contributed by atoms with E-state index in [1.54, 1.807) is 0 Å². The van der Waals surface area contributed by atoms with E-state index in [-0.39, 0.29) is 11.3 Å². The minimum Gasteiger partial charge on any atom is -0.389 e. The SMILES string of the molecule is OC(CS)C(O)c1cccc(C(F)(F)F)c1Cl. The molecule has 7 heteroatoms. The minimum absolute atomic E-state index is 0.0895. The van der Waals surface area contributed by atoms with E-state index in [1.807, 2.05) is 0 Å². The number of hydrogen-bond donors (Lipinski definition) is 3. The summed E-state index contributed by atoms with van der Waals surface area (Å²) in [6.45, 7) is 0. The van der Waals surface area contributed by atoms with Crippen LogP contribution >= 0.6 is 24.2 Å². The Morgan fingerprint density at radius 3 is 2.35 bits per heavy atom. The fraction of sp³-hybridized carbons (Fsp3) is 0.400. The van der Waals surface area contributed by atoms with Crippen LogP contribution in [-0.4, -0.2) is 22.1 Å². The van der Waals surface area contributed by atoms with Gasteiger partial charge in [-0.3, -0.25) is 0 Å². The number of alkyl halides is 3. The van der Waals surface area contributed by atoms with Crippen molar-refractivity contribution in [3.8, 4) is 0 Å². The molecule has 0 saturated carbocycles. The van der Waals surface area contributed by atoms with Gasteiger partial charge in [0.05, 0.1) is 16.7 Å². The molecule has 1 rings (SSSR count). The van der Waals surface area contributed by atoms with Crippen molar-refractivity contribution in [1.82, 2.24) is 0 Å². The zero-order chi connectivity index (χ0) is 13.2. The summed E-state index contributed by atoms with van der Waals surface area (Å²) < 4.78 is 37.6. The van der Waals surface area contributed by atoms with E-state index in [0.29, 0.717) is 0 Å². The van der Waals surface area contributed by atoms with Gasteiger partial charge in [-0.2, -0.15) is 25.8 Å². The van der Waals surface area contributed by atoms with Crippen molar-refractivity contribution >= 4 is 24.2 Å². The van der Waals surface area contributed by atoms with E-state index in [0.717, 1.165) is 12.1 Å². The quantitative estimate of drug-likeness (QED) is 0.748. The summed E-state index contributed by atoms with van der Waals surface area (Å²) in [5.41, 5.74) is -1.20. The Morgan fingerprint density at radius 1 is 1.29 bits per heavy atom. The van der Waals surface area contributed by atoms with Crippen molar-refractivity contribution < 1.29 is 23.4 Å². The summed E-state index contributed by atoms with van der Waals surface area (Å²) in [4.78, 5) is 0. The predicted octanol–water partition coefficient (Wildman–Crippen LogP) is 2.68. The van der Waals surface area contributed by atoms with Crippen LogP contribution in [0, 0.1) is 0 Å². The normalized spacial score (nSPS) is 15.7. The lowest BCUT2D eigenvalue weighted by Gasteiger charge is -2.19. The number of aliphatic hydroxyl groups is 2. The van der Waals surface area contributed by atoms with Crippen LogP contribution in [-0.2, 0) is 6.18 Å². The van der Waals surface area contributed by atoms with E-state index < -0.39 is 29.0 Å². The number of halogens is 4. The smallest absolute Gasteiger partial charge is 0.389 e. The molecule has 0 fully saturated rings. The topological polar surface area (TPSA) is 40.5 Å². The highest BCUT2D eigenvalue weighted by atomic mass is 35.5. The van der Waals surface area contributed by atoms with Crippen LogP contribution in [0.1, 0.15) is 17.2 Å². The number of aliphatic hydroxyl groups excluding tert-OH is 2. The summed E-state index contributed by atoms with van der Waals surface area (Å²) in [7, 11) is 0. The molecule has 2 atom stereocenters. The van der Waals surface area contributed by atoms with Crippen LogP contribution in [0.2, 0.25) is 5.02 Å². The highest BCUT2D eigenvalue weighted by Gasteiger charge is 2.35. The van der Waals surface area contributed by atoms with Gasteiger partial charge in [-0.1, -0.05) is 23.7 Å². The molecular weight excluding hydrogens is 277 g/mol. The monoisotopic (exact) mass is 286 g/mol. The molecule has 96 valence electrons. The molecule has 0 spiro atoms. The van der Waals surface area contributed by atoms with Gasteiger partial charge in [0.2, 0.25) is 0 Å². The molecule has 0 radical (unpaired) electrons. The molecule has 0 aliphatic heterocycles. The standard InChI is InChI=1S/C10H10ClF3O2S/c11-8-5(9(16)7(15)4-17)2-1-3-6(8)10(12,13)14/h1-3,7,9,15-17H,4H2. The van der Waals surface area contributed by atoms with Crippen molar-refractivity contribution in [2.45, 2.75) is 18.4 Å². The molecule has 0 saturated heterocycles. The Balaban J connectivity index is 3.19. The molecule has 0 bridgehead atoms. The van der Waals surface area contributed by atoms with E-state index in [9.17, 15) is 23.4 Å². The first-order chi connectivity index (χ1) is 7.79. The fourth-order valence-electron chi connectivity index (χ4n) is 1.30. The first kappa shape index (κ1) is 14.6. The molecule has 17 heavy (non-hydrogen) atoms. The predicted molar refractivity (Wildman–Crippen MR) is 61.3 cm³/mol. The van der Waals surface area contributed by atoms with Crippen LogP contribution < -0.4 is 0 Å². The molecular formula is C10H10ClF3O2S. The zero-order valence-electron chi connectivity index (χ0n) is 8.45. The molecule has 2 N–H and O–H groups in total. The van der Waals surface area contributed by atoms with Gasteiger partial charge >= 0.3 is 6.18 Å². The third-order valence-electron chi connectivity index (χ3n) is 2.20. The van der Waals surface area contributed by atoms with Gasteiger partial charge in [0.25, 0.3) is 0 Å². The summed E-state index contributed by atoms with van der Waals surface area (Å²) in [6, 6.07) is 3.17. The average molecular weight is 287 g/mol. The summed E-state index contributed by atoms with van der Waals surface area (Å²) >= 11 is 9.32. The molecule has 0 aliphatic rings. The Labute approximate surface area is 106 Å². The van der Waals surface area contributed by atoms with Gasteiger partial charge in [-0.15, -0.1) is 0 Å². The van der Waals surface area contributed by atoms with Crippen LogP contribution in [0.3, 0.4) is 0 Å². The Morgan fingerprint density at radius 2 is 1.88 bits per heavy atom. The minimum atomic E-state index is -4.60. The molecule has 0 heterocycles. The lowest BCUT2D eigenvalue weighted by atomic mass is 10.0. The van der Waals surface area contributed by atoms with E-state index in [4.69, 9.17) is 11.6 Å². The molecule has 0 amide bonds. The highest BCUT2D eigenvalue weighted by molar-refractivity contribution is 7.80. The zero-order valence-corrected chi connectivity index (χ0v) is 10.1. The van der Waals surface area contributed by atoms with E-state index in [1.165, 1.54) is 6.07 Å². The second-order valence-electron chi connectivity index (χ2n) is 3.40. The van der Waals surface area contributed by atoms with Crippen LogP contribution in [0.5, 0.6) is 0 Å². The maximum atomic E-state index is 12.5. The van der Waals surface area contributed by atoms with Gasteiger partial charge in [0, 0.05) is 11.3 Å². The van der Waals surface area contributed by atoms with Crippen molar-refractivity contribution in [3.63, 3.8) is 0 Å². The van der Waals surface area contributed by atoms with Crippen LogP contribution in [0.25, 0.3) is 0 Å². The van der Waals surface area contributed by atoms with E-state index >= 15 is 0 Å². The summed E-state index contributed by atoms with van der Waals surface area (Å²) in [5, 5.41) is 18.3. The molecule has 0 aromatic heterocycles. The molecule has 1 aromatic rings. The van der Waals surface area contributed by atoms with Gasteiger partial charge < -0.3 is 10.2 Å². The summed E-state index contributed by atoms with van der Waals surface area (Å²) in [6.07, 6.45) is -7.37. The largest absolute Gasteiger partial charge is 0.417 e. The molecule has 0 aliphatic carbocycles. The van der Waals surface area contributed by atoms with Gasteiger partial charge in [0.1, 0.15) is 6.10 Å². The highest BCUT2D eigenvalue weighted by Crippen LogP contribution is 2.38. The van der Waals surface area contributed by atoms with E-state index in [2.05, 4.69) is 12.6 Å². The number of rotatable bonds is 3. The molecule has 2 unspecified atom stereocenters. The number of hydrogen-bond acceptors (Lipinski definition) is 3. The second kappa shape index (κ2) is 5.48. The van der Waals surface area contributed by atoms with Crippen molar-refractivity contribution in [3.05, 3.63) is 34.3 Å². The Kier molecular flexibility index (Phi) is 4.71. The second-order valence-corrected chi connectivity index (χ2v) is 4.14. The van der Waals surface area contributed by atoms with Crippen molar-refractivity contribution in [2.75, 3.05) is 5.75 Å². The lowest BCUT2D eigenvalue weighted by molar-refractivity contribution is -0.137. The van der Waals surface area contributed by atoms with Crippen LogP contribution in [0.15, 0.2) is 18.2 Å². The fourth-order valence-corrected chi connectivity index (χ4v) is 1.85. The third kappa shape index (κ3) is 3.28. The van der Waals surface area contributed by atoms with Gasteiger partial charge in [0.15, 0.2) is 0 Å². The average Bonchev–Trinajstić information content (AvgIpc) is 2.25. The first-order valence-corrected chi connectivity index (χ1v) is 5.62. The maximum Gasteiger partial charge on any atom is 0.417 e. The summed E-state index contributed by atoms with van der Waals surface area (Å²) in [5.74, 6) is -0.0895. The Bertz CT molecular complexity index is 398. The van der Waals surface area contributed by atoms with Crippen molar-refractivity contribution in [1.29, 1.82) is 0 Å². The van der Waals surface area contributed by atoms with Gasteiger partial charge in [-0.05, 0) is 6.07 Å². The molecule has 1 aromatic carbocycles. The van der Waals surface area contributed by atoms with Crippen LogP contribution in [0.4, 0.5) is 13.2 Å². The maximum absolute atomic E-state index is 12.5. The molecule has 2 nitrogen and oxygen atoms in total. The van der Waals surface area contributed by atoms with Crippen molar-refractivity contribution in [2.24, 2.45) is 0 Å². The lowest BCUT2D eigenvalue weighted by Crippen LogP contribution is -2.21. The third-order valence-corrected chi connectivity index (χ3v) is 3.00. The number of benzene rings is 1. The van der Waals surface area contributed by atoms with Gasteiger partial charge in [-0.25, -0.2) is 0 Å².